The zero-order valence-electron chi connectivity index (χ0n) is 6.69. The number of carbonyl (C=O) groups is 1. The molecule has 0 amide bonds. The van der Waals surface area contributed by atoms with Gasteiger partial charge in [-0.05, 0) is 25.8 Å². The summed E-state index contributed by atoms with van der Waals surface area (Å²) in [5, 5.41) is 0. The smallest absolute Gasteiger partial charge is 0.122 e. The van der Waals surface area contributed by atoms with Gasteiger partial charge in [-0.25, -0.2) is 0 Å². The molecule has 0 aliphatic heterocycles. The second-order valence-corrected chi connectivity index (χ2v) is 2.46. The van der Waals surface area contributed by atoms with Crippen LogP contribution in [0.15, 0.2) is 12.2 Å². The Morgan fingerprint density at radius 2 is 2.18 bits per heavy atom. The fourth-order valence-electron chi connectivity index (χ4n) is 0.704. The molecule has 0 aliphatic carbocycles. The van der Waals surface area contributed by atoms with Crippen LogP contribution in [0.1, 0.15) is 26.2 Å². The Labute approximate surface area is 73.2 Å². The molecule has 0 aliphatic rings. The van der Waals surface area contributed by atoms with Crippen molar-refractivity contribution in [1.82, 2.24) is 0 Å². The van der Waals surface area contributed by atoms with E-state index in [0.29, 0.717) is 6.42 Å². The van der Waals surface area contributed by atoms with Gasteiger partial charge in [0.05, 0.1) is 6.10 Å². The molecule has 64 valence electrons. The van der Waals surface area contributed by atoms with Gasteiger partial charge in [-0.2, -0.15) is 0 Å². The maximum Gasteiger partial charge on any atom is 0.122 e. The van der Waals surface area contributed by atoms with Gasteiger partial charge in [-0.1, -0.05) is 19.1 Å². The van der Waals surface area contributed by atoms with Gasteiger partial charge in [0.2, 0.25) is 0 Å². The molecule has 0 bridgehead atoms. The highest BCUT2D eigenvalue weighted by molar-refractivity contribution is 7.75. The van der Waals surface area contributed by atoms with Crippen molar-refractivity contribution < 1.29 is 8.98 Å². The van der Waals surface area contributed by atoms with Gasteiger partial charge in [-0.3, -0.25) is 0 Å². The average molecular weight is 174 g/mol. The number of hydrogen-bond donors (Lipinski definition) is 1. The van der Waals surface area contributed by atoms with Crippen LogP contribution >= 0.6 is 12.9 Å². The molecule has 11 heavy (non-hydrogen) atoms. The second-order valence-electron chi connectivity index (χ2n) is 2.25. The van der Waals surface area contributed by atoms with Gasteiger partial charge >= 0.3 is 0 Å². The van der Waals surface area contributed by atoms with E-state index in [-0.39, 0.29) is 6.10 Å². The van der Waals surface area contributed by atoms with E-state index in [4.69, 9.17) is 4.18 Å². The van der Waals surface area contributed by atoms with Gasteiger partial charge in [-0.15, -0.1) is 0 Å². The van der Waals surface area contributed by atoms with E-state index in [1.54, 1.807) is 0 Å². The first-order chi connectivity index (χ1) is 5.35. The van der Waals surface area contributed by atoms with E-state index in [9.17, 15) is 4.79 Å². The first kappa shape index (κ1) is 10.7. The predicted molar refractivity (Wildman–Crippen MR) is 48.6 cm³/mol. The normalized spacial score (nSPS) is 13.6. The fourth-order valence-corrected chi connectivity index (χ4v) is 0.876. The molecule has 0 fully saturated rings. The number of aldehydes is 1. The molecule has 0 aromatic carbocycles. The van der Waals surface area contributed by atoms with E-state index >= 15 is 0 Å². The van der Waals surface area contributed by atoms with E-state index in [0.717, 1.165) is 19.1 Å². The number of hydrogen-bond acceptors (Lipinski definition) is 3. The van der Waals surface area contributed by atoms with Crippen LogP contribution in [-0.2, 0) is 8.98 Å². The summed E-state index contributed by atoms with van der Waals surface area (Å²) in [5.74, 6) is 0. The fraction of sp³-hybridized carbons (Fsp3) is 0.625. The van der Waals surface area contributed by atoms with Gasteiger partial charge in [0.25, 0.3) is 0 Å². The van der Waals surface area contributed by atoms with Gasteiger partial charge in [0.15, 0.2) is 0 Å². The molecule has 0 saturated heterocycles. The Kier molecular flexibility index (Phi) is 7.62. The molecule has 0 N–H and O–H groups in total. The molecule has 0 heterocycles. The lowest BCUT2D eigenvalue weighted by molar-refractivity contribution is -0.109. The summed E-state index contributed by atoms with van der Waals surface area (Å²) in [6.07, 6.45) is 7.02. The quantitative estimate of drug-likeness (QED) is 0.289. The molecule has 0 aromatic heterocycles. The van der Waals surface area contributed by atoms with Crippen molar-refractivity contribution in [2.45, 2.75) is 32.3 Å². The molecule has 0 spiro atoms. The Morgan fingerprint density at radius 1 is 1.45 bits per heavy atom. The lowest BCUT2D eigenvalue weighted by atomic mass is 10.2. The highest BCUT2D eigenvalue weighted by Crippen LogP contribution is 2.05. The molecule has 2 nitrogen and oxygen atoms in total. The summed E-state index contributed by atoms with van der Waals surface area (Å²) in [5.41, 5.74) is 0. The van der Waals surface area contributed by atoms with Crippen molar-refractivity contribution in [2.24, 2.45) is 0 Å². The van der Waals surface area contributed by atoms with E-state index < -0.39 is 0 Å². The van der Waals surface area contributed by atoms with Crippen molar-refractivity contribution >= 4 is 19.2 Å². The third-order valence-corrected chi connectivity index (χ3v) is 1.61. The highest BCUT2D eigenvalue weighted by Gasteiger charge is 2.03. The molecule has 0 unspecified atom stereocenters. The van der Waals surface area contributed by atoms with Gasteiger partial charge in [0.1, 0.15) is 6.29 Å². The maximum atomic E-state index is 10.1. The minimum Gasteiger partial charge on any atom is -0.314 e. The third-order valence-electron chi connectivity index (χ3n) is 1.31. The van der Waals surface area contributed by atoms with Crippen molar-refractivity contribution in [1.29, 1.82) is 0 Å². The van der Waals surface area contributed by atoms with Crippen LogP contribution < -0.4 is 0 Å². The summed E-state index contributed by atoms with van der Waals surface area (Å²) in [4.78, 5) is 10.1. The van der Waals surface area contributed by atoms with Crippen LogP contribution in [0.4, 0.5) is 0 Å². The molecule has 3 heteroatoms. The zero-order valence-corrected chi connectivity index (χ0v) is 7.59. The maximum absolute atomic E-state index is 10.1. The van der Waals surface area contributed by atoms with Crippen LogP contribution in [0.25, 0.3) is 0 Å². The molecular weight excluding hydrogens is 160 g/mol. The van der Waals surface area contributed by atoms with Crippen LogP contribution in [0.5, 0.6) is 0 Å². The van der Waals surface area contributed by atoms with Crippen molar-refractivity contribution in [3.63, 3.8) is 0 Å². The van der Waals surface area contributed by atoms with Crippen molar-refractivity contribution in [2.75, 3.05) is 0 Å². The van der Waals surface area contributed by atoms with E-state index in [2.05, 4.69) is 19.8 Å². The lowest BCUT2D eigenvalue weighted by Gasteiger charge is -2.06. The van der Waals surface area contributed by atoms with Crippen LogP contribution in [0.3, 0.4) is 0 Å². The van der Waals surface area contributed by atoms with Crippen LogP contribution in [0, 0.1) is 0 Å². The largest absolute Gasteiger partial charge is 0.314 e. The highest BCUT2D eigenvalue weighted by atomic mass is 32.1. The summed E-state index contributed by atoms with van der Waals surface area (Å²) < 4.78 is 4.75. The predicted octanol–water partition coefficient (Wildman–Crippen LogP) is 2.16. The summed E-state index contributed by atoms with van der Waals surface area (Å²) in [6.45, 7) is 2.06. The Balaban J connectivity index is 3.50. The topological polar surface area (TPSA) is 26.3 Å². The SMILES string of the molecule is CC/C=C\C[C@@H](CC=O)OS. The standard InChI is InChI=1S/C8H14O2S/c1-2-3-4-5-8(10-11)6-7-9/h3-4,7-8,11H,2,5-6H2,1H3/b4-3-/t8-/m0/s1. The van der Waals surface area contributed by atoms with Crippen molar-refractivity contribution in [3.8, 4) is 0 Å². The Morgan fingerprint density at radius 3 is 2.64 bits per heavy atom. The molecule has 0 radical (unpaired) electrons. The molecule has 0 saturated carbocycles. The average Bonchev–Trinajstić information content (AvgIpc) is 2.03. The van der Waals surface area contributed by atoms with Crippen LogP contribution in [0.2, 0.25) is 0 Å². The molecule has 0 rings (SSSR count). The van der Waals surface area contributed by atoms with Crippen molar-refractivity contribution in [3.05, 3.63) is 12.2 Å². The molecule has 0 aromatic rings. The summed E-state index contributed by atoms with van der Waals surface area (Å²) >= 11 is 3.66. The van der Waals surface area contributed by atoms with E-state index in [1.807, 2.05) is 12.2 Å². The Bertz CT molecular complexity index is 123. The number of carbonyl (C=O) groups excluding carboxylic acids is 1. The van der Waals surface area contributed by atoms with Gasteiger partial charge < -0.3 is 8.98 Å². The summed E-state index contributed by atoms with van der Waals surface area (Å²) in [7, 11) is 0. The minimum absolute atomic E-state index is 0.0707. The minimum atomic E-state index is -0.0707. The molecule has 1 atom stereocenters. The second kappa shape index (κ2) is 7.82. The number of thiol groups is 1. The number of allylic oxidation sites excluding steroid dienone is 1. The first-order valence-electron chi connectivity index (χ1n) is 3.74. The first-order valence-corrected chi connectivity index (χ1v) is 4.10. The number of rotatable bonds is 6. The van der Waals surface area contributed by atoms with Crippen LogP contribution in [-0.4, -0.2) is 12.4 Å². The molecular formula is C8H14O2S. The third kappa shape index (κ3) is 6.13. The zero-order chi connectivity index (χ0) is 8.53. The van der Waals surface area contributed by atoms with E-state index in [1.165, 1.54) is 0 Å². The summed E-state index contributed by atoms with van der Waals surface area (Å²) in [6, 6.07) is 0. The Hall–Kier alpha value is -0.280. The van der Waals surface area contributed by atoms with Gasteiger partial charge in [0, 0.05) is 6.42 Å². The monoisotopic (exact) mass is 174 g/mol. The lowest BCUT2D eigenvalue weighted by Crippen LogP contribution is -2.06.